The zero-order valence-corrected chi connectivity index (χ0v) is 11.9. The molecule has 3 N–H and O–H groups in total. The number of aryl methyl sites for hydroxylation is 1. The van der Waals surface area contributed by atoms with Crippen molar-refractivity contribution in [1.82, 2.24) is 9.97 Å². The molecule has 1 aromatic heterocycles. The van der Waals surface area contributed by atoms with Crippen LogP contribution in [0, 0.1) is 6.92 Å². The molecule has 0 spiro atoms. The number of hydrogen-bond donors (Lipinski definition) is 2. The molecule has 0 aliphatic carbocycles. The summed E-state index contributed by atoms with van der Waals surface area (Å²) in [4.78, 5) is 8.41. The second-order valence-corrected chi connectivity index (χ2v) is 6.66. The zero-order chi connectivity index (χ0) is 13.8. The third-order valence-corrected chi connectivity index (χ3v) is 4.16. The topological polar surface area (TPSA) is 98.0 Å². The molecule has 0 radical (unpaired) electrons. The van der Waals surface area contributed by atoms with Crippen LogP contribution in [0.15, 0.2) is 6.07 Å². The molecular formula is C10H16N4O2S2. The first-order valence-corrected chi connectivity index (χ1v) is 7.67. The molecule has 1 aromatic rings. The maximum Gasteiger partial charge on any atom is 0.223 e. The fraction of sp³-hybridized carbons (Fsp3) is 0.500. The molecule has 1 heterocycles. The lowest BCUT2D eigenvalue weighted by Gasteiger charge is -2.07. The Labute approximate surface area is 112 Å². The Kier molecular flexibility index (Phi) is 4.97. The number of anilines is 1. The molecule has 0 bridgehead atoms. The second kappa shape index (κ2) is 6.05. The van der Waals surface area contributed by atoms with Crippen molar-refractivity contribution in [3.05, 3.63) is 17.5 Å². The molecule has 0 aromatic carbocycles. The van der Waals surface area contributed by atoms with Crippen molar-refractivity contribution < 1.29 is 8.42 Å². The summed E-state index contributed by atoms with van der Waals surface area (Å²) in [5, 5.41) is 2.85. The van der Waals surface area contributed by atoms with Gasteiger partial charge in [-0.3, -0.25) is 0 Å². The van der Waals surface area contributed by atoms with E-state index in [1.54, 1.807) is 19.9 Å². The van der Waals surface area contributed by atoms with E-state index in [2.05, 4.69) is 15.3 Å². The minimum atomic E-state index is -2.99. The van der Waals surface area contributed by atoms with Crippen molar-refractivity contribution in [2.45, 2.75) is 13.8 Å². The predicted octanol–water partition coefficient (Wildman–Crippen LogP) is 0.266. The van der Waals surface area contributed by atoms with Crippen LogP contribution in [0.4, 0.5) is 5.95 Å². The average Bonchev–Trinajstić information content (AvgIpc) is 2.28. The van der Waals surface area contributed by atoms with Crippen LogP contribution >= 0.6 is 12.2 Å². The van der Waals surface area contributed by atoms with Crippen molar-refractivity contribution >= 4 is 33.0 Å². The van der Waals surface area contributed by atoms with Crippen LogP contribution in [0.25, 0.3) is 0 Å². The van der Waals surface area contributed by atoms with Gasteiger partial charge < -0.3 is 11.1 Å². The Morgan fingerprint density at radius 3 is 2.72 bits per heavy atom. The number of thiocarbonyl (C=S) groups is 1. The van der Waals surface area contributed by atoms with Gasteiger partial charge in [-0.1, -0.05) is 19.1 Å². The van der Waals surface area contributed by atoms with Gasteiger partial charge in [0.15, 0.2) is 9.84 Å². The summed E-state index contributed by atoms with van der Waals surface area (Å²) >= 11 is 4.84. The van der Waals surface area contributed by atoms with Crippen LogP contribution < -0.4 is 11.1 Å². The quantitative estimate of drug-likeness (QED) is 0.725. The number of aromatic nitrogens is 2. The highest BCUT2D eigenvalue weighted by atomic mass is 32.2. The van der Waals surface area contributed by atoms with Crippen molar-refractivity contribution in [3.63, 3.8) is 0 Å². The minimum absolute atomic E-state index is 0.0448. The maximum absolute atomic E-state index is 11.3. The Hall–Kier alpha value is -1.28. The number of sulfone groups is 1. The third kappa shape index (κ3) is 4.53. The molecule has 0 saturated heterocycles. The molecule has 8 heteroatoms. The fourth-order valence-corrected chi connectivity index (χ4v) is 2.04. The lowest BCUT2D eigenvalue weighted by Crippen LogP contribution is -2.19. The maximum atomic E-state index is 11.3. The van der Waals surface area contributed by atoms with Crippen LogP contribution in [0.1, 0.15) is 18.3 Å². The summed E-state index contributed by atoms with van der Waals surface area (Å²) in [6, 6.07) is 1.68. The summed E-state index contributed by atoms with van der Waals surface area (Å²) in [6.45, 7) is 3.66. The first-order chi connectivity index (χ1) is 8.34. The molecule has 0 fully saturated rings. The molecule has 0 aliphatic rings. The van der Waals surface area contributed by atoms with E-state index in [1.165, 1.54) is 0 Å². The summed E-state index contributed by atoms with van der Waals surface area (Å²) in [6.07, 6.45) is 0. The Morgan fingerprint density at radius 1 is 1.50 bits per heavy atom. The molecule has 0 amide bonds. The second-order valence-electron chi connectivity index (χ2n) is 3.75. The average molecular weight is 288 g/mol. The molecule has 0 aliphatic heterocycles. The van der Waals surface area contributed by atoms with Gasteiger partial charge in [0, 0.05) is 18.0 Å². The molecular weight excluding hydrogens is 272 g/mol. The van der Waals surface area contributed by atoms with Gasteiger partial charge in [-0.05, 0) is 13.0 Å². The molecule has 6 nitrogen and oxygen atoms in total. The monoisotopic (exact) mass is 288 g/mol. The van der Waals surface area contributed by atoms with Crippen LogP contribution in [-0.4, -0.2) is 41.4 Å². The van der Waals surface area contributed by atoms with Crippen molar-refractivity contribution in [1.29, 1.82) is 0 Å². The van der Waals surface area contributed by atoms with Gasteiger partial charge in [0.1, 0.15) is 10.7 Å². The van der Waals surface area contributed by atoms with E-state index in [1.807, 2.05) is 0 Å². The normalized spacial score (nSPS) is 11.2. The Balaban J connectivity index is 2.71. The number of rotatable bonds is 6. The third-order valence-electron chi connectivity index (χ3n) is 2.24. The van der Waals surface area contributed by atoms with E-state index >= 15 is 0 Å². The van der Waals surface area contributed by atoms with E-state index < -0.39 is 9.84 Å². The first kappa shape index (κ1) is 14.8. The van der Waals surface area contributed by atoms with Gasteiger partial charge >= 0.3 is 0 Å². The smallest absolute Gasteiger partial charge is 0.223 e. The highest BCUT2D eigenvalue weighted by Gasteiger charge is 2.08. The first-order valence-electron chi connectivity index (χ1n) is 5.44. The van der Waals surface area contributed by atoms with Gasteiger partial charge in [0.2, 0.25) is 5.95 Å². The van der Waals surface area contributed by atoms with E-state index in [-0.39, 0.29) is 23.0 Å². The molecule has 18 heavy (non-hydrogen) atoms. The lowest BCUT2D eigenvalue weighted by molar-refractivity contribution is 0.597. The molecule has 100 valence electrons. The van der Waals surface area contributed by atoms with Gasteiger partial charge in [-0.25, -0.2) is 18.4 Å². The predicted molar refractivity (Wildman–Crippen MR) is 75.5 cm³/mol. The van der Waals surface area contributed by atoms with Gasteiger partial charge in [-0.2, -0.15) is 0 Å². The summed E-state index contributed by atoms with van der Waals surface area (Å²) in [5.74, 6) is 0.508. The van der Waals surface area contributed by atoms with E-state index in [9.17, 15) is 8.42 Å². The van der Waals surface area contributed by atoms with Gasteiger partial charge in [-0.15, -0.1) is 0 Å². The fourth-order valence-electron chi connectivity index (χ4n) is 1.24. The summed E-state index contributed by atoms with van der Waals surface area (Å²) < 4.78 is 22.6. The van der Waals surface area contributed by atoms with E-state index in [0.29, 0.717) is 17.3 Å². The van der Waals surface area contributed by atoms with E-state index in [0.717, 1.165) is 0 Å². The Bertz CT molecular complexity index is 543. The van der Waals surface area contributed by atoms with Crippen LogP contribution in [0.3, 0.4) is 0 Å². The molecule has 0 atom stereocenters. The molecule has 0 unspecified atom stereocenters. The Morgan fingerprint density at radius 2 is 2.17 bits per heavy atom. The van der Waals surface area contributed by atoms with E-state index in [4.69, 9.17) is 18.0 Å². The van der Waals surface area contributed by atoms with Crippen LogP contribution in [-0.2, 0) is 9.84 Å². The zero-order valence-electron chi connectivity index (χ0n) is 10.3. The van der Waals surface area contributed by atoms with Crippen LogP contribution in [0.5, 0.6) is 0 Å². The highest BCUT2D eigenvalue weighted by molar-refractivity contribution is 7.91. The largest absolute Gasteiger partial charge is 0.388 e. The van der Waals surface area contributed by atoms with Crippen LogP contribution in [0.2, 0.25) is 0 Å². The van der Waals surface area contributed by atoms with Crippen molar-refractivity contribution in [2.24, 2.45) is 5.73 Å². The van der Waals surface area contributed by atoms with Gasteiger partial charge in [0.05, 0.1) is 5.75 Å². The van der Waals surface area contributed by atoms with Gasteiger partial charge in [0.25, 0.3) is 0 Å². The number of hydrogen-bond acceptors (Lipinski definition) is 6. The summed E-state index contributed by atoms with van der Waals surface area (Å²) in [7, 11) is -2.99. The number of nitrogens with zero attached hydrogens (tertiary/aromatic N) is 2. The molecule has 1 rings (SSSR count). The number of nitrogens with one attached hydrogen (secondary N) is 1. The standard InChI is InChI=1S/C10H16N4O2S2/c1-3-18(15,16)5-4-12-10-13-7(2)6-8(14-10)9(11)17/h6H,3-5H2,1-2H3,(H2,11,17)(H,12,13,14). The number of nitrogens with two attached hydrogens (primary N) is 1. The lowest BCUT2D eigenvalue weighted by atomic mass is 10.3. The molecule has 0 saturated carbocycles. The summed E-state index contributed by atoms with van der Waals surface area (Å²) in [5.41, 5.74) is 6.68. The minimum Gasteiger partial charge on any atom is -0.388 e. The SMILES string of the molecule is CCS(=O)(=O)CCNc1nc(C)cc(C(N)=S)n1. The van der Waals surface area contributed by atoms with Crippen molar-refractivity contribution in [3.8, 4) is 0 Å². The van der Waals surface area contributed by atoms with Crippen molar-refractivity contribution in [2.75, 3.05) is 23.4 Å². The highest BCUT2D eigenvalue weighted by Crippen LogP contribution is 2.04.